The van der Waals surface area contributed by atoms with Crippen molar-refractivity contribution in [3.8, 4) is 0 Å². The van der Waals surface area contributed by atoms with Gasteiger partial charge in [-0.3, -0.25) is 0 Å². The molecule has 0 amide bonds. The van der Waals surface area contributed by atoms with Crippen LogP contribution in [0, 0.1) is 5.41 Å². The number of hydrogen-bond acceptors (Lipinski definition) is 0. The van der Waals surface area contributed by atoms with E-state index < -0.39 is 21.8 Å². The summed E-state index contributed by atoms with van der Waals surface area (Å²) in [5, 5.41) is 0. The Labute approximate surface area is 108 Å². The Balaban J connectivity index is 2.13. The second-order valence-electron chi connectivity index (χ2n) is 5.86. The molecule has 0 bridgehead atoms. The van der Waals surface area contributed by atoms with Crippen molar-refractivity contribution < 1.29 is 21.8 Å². The summed E-state index contributed by atoms with van der Waals surface area (Å²) in [6.07, 6.45) is 16.4. The zero-order chi connectivity index (χ0) is 11.6. The molecule has 0 atom stereocenters. The molecule has 0 unspecified atom stereocenters. The van der Waals surface area contributed by atoms with Gasteiger partial charge in [0.1, 0.15) is 0 Å². The molecule has 0 aromatic carbocycles. The van der Waals surface area contributed by atoms with Crippen molar-refractivity contribution in [2.75, 3.05) is 0 Å². The van der Waals surface area contributed by atoms with Gasteiger partial charge in [0.25, 0.3) is 0 Å². The molecule has 0 radical (unpaired) electrons. The van der Waals surface area contributed by atoms with Crippen LogP contribution in [0.2, 0.25) is 4.13 Å². The van der Waals surface area contributed by atoms with E-state index in [2.05, 4.69) is 57.2 Å². The molecule has 85 valence electrons. The summed E-state index contributed by atoms with van der Waals surface area (Å²) in [5.74, 6) is 0. The summed E-state index contributed by atoms with van der Waals surface area (Å²) < 4.78 is 5.05. The van der Waals surface area contributed by atoms with Gasteiger partial charge in [-0.25, -0.2) is 0 Å². The summed E-state index contributed by atoms with van der Waals surface area (Å²) in [5.41, 5.74) is 0.488. The molecular formula is C15H21Zr. The molecule has 0 aromatic rings. The molecule has 0 saturated carbocycles. The number of allylic oxidation sites excluding steroid dienone is 8. The van der Waals surface area contributed by atoms with E-state index in [0.717, 1.165) is 0 Å². The van der Waals surface area contributed by atoms with Crippen LogP contribution >= 0.6 is 0 Å². The van der Waals surface area contributed by atoms with Gasteiger partial charge in [-0.2, -0.15) is 0 Å². The van der Waals surface area contributed by atoms with Crippen molar-refractivity contribution in [1.29, 1.82) is 0 Å². The predicted octanol–water partition coefficient (Wildman–Crippen LogP) is 4.76. The Morgan fingerprint density at radius 1 is 1.00 bits per heavy atom. The van der Waals surface area contributed by atoms with Gasteiger partial charge in [-0.05, 0) is 0 Å². The predicted molar refractivity (Wildman–Crippen MR) is 67.9 cm³/mol. The van der Waals surface area contributed by atoms with E-state index in [1.165, 1.54) is 17.0 Å². The molecule has 2 aliphatic rings. The summed E-state index contributed by atoms with van der Waals surface area (Å²) in [6, 6.07) is 0. The molecule has 0 saturated heterocycles. The van der Waals surface area contributed by atoms with Crippen LogP contribution in [0.1, 0.15) is 33.6 Å². The summed E-state index contributed by atoms with van der Waals surface area (Å²) >= 11 is -1.50. The third-order valence-corrected chi connectivity index (χ3v) is 12.1. The van der Waals surface area contributed by atoms with Crippen molar-refractivity contribution in [1.82, 2.24) is 0 Å². The van der Waals surface area contributed by atoms with Crippen LogP contribution in [0.5, 0.6) is 0 Å². The van der Waals surface area contributed by atoms with Gasteiger partial charge in [-0.15, -0.1) is 0 Å². The number of rotatable bonds is 3. The Morgan fingerprint density at radius 3 is 1.81 bits per heavy atom. The van der Waals surface area contributed by atoms with Gasteiger partial charge >= 0.3 is 108 Å². The minimum atomic E-state index is -1.50. The molecule has 1 heteroatoms. The topological polar surface area (TPSA) is 0 Å². The van der Waals surface area contributed by atoms with Gasteiger partial charge in [0, 0.05) is 0 Å². The fraction of sp³-hybridized carbons (Fsp3) is 0.467. The van der Waals surface area contributed by atoms with Gasteiger partial charge in [0.15, 0.2) is 0 Å². The Bertz CT molecular complexity index is 345. The maximum atomic E-state index is 2.40. The Kier molecular flexibility index (Phi) is 3.85. The Hall–Kier alpha value is -0.157. The number of hydrogen-bond donors (Lipinski definition) is 0. The van der Waals surface area contributed by atoms with Crippen LogP contribution in [-0.2, 0) is 21.8 Å². The average Bonchev–Trinajstić information content (AvgIpc) is 2.86. The van der Waals surface area contributed by atoms with E-state index in [1.807, 2.05) is 0 Å². The normalized spacial score (nSPS) is 18.9. The molecule has 0 spiro atoms. The molecule has 0 nitrogen and oxygen atoms in total. The third-order valence-electron chi connectivity index (χ3n) is 3.02. The first-order valence-electron chi connectivity index (χ1n) is 6.14. The van der Waals surface area contributed by atoms with Gasteiger partial charge in [0.2, 0.25) is 0 Å². The Morgan fingerprint density at radius 2 is 1.50 bits per heavy atom. The van der Waals surface area contributed by atoms with E-state index in [0.29, 0.717) is 5.41 Å². The first kappa shape index (κ1) is 12.3. The molecule has 0 aromatic heterocycles. The van der Waals surface area contributed by atoms with Crippen LogP contribution in [0.4, 0.5) is 0 Å². The zero-order valence-corrected chi connectivity index (χ0v) is 13.0. The minimum absolute atomic E-state index is 0.488. The van der Waals surface area contributed by atoms with Crippen molar-refractivity contribution in [3.63, 3.8) is 0 Å². The van der Waals surface area contributed by atoms with Crippen LogP contribution in [-0.4, -0.2) is 0 Å². The van der Waals surface area contributed by atoms with E-state index in [4.69, 9.17) is 0 Å². The molecular weight excluding hydrogens is 271 g/mol. The van der Waals surface area contributed by atoms with Crippen molar-refractivity contribution in [2.24, 2.45) is 5.41 Å². The van der Waals surface area contributed by atoms with Crippen LogP contribution in [0.3, 0.4) is 0 Å². The fourth-order valence-electron chi connectivity index (χ4n) is 2.31. The van der Waals surface area contributed by atoms with Crippen LogP contribution in [0.25, 0.3) is 0 Å². The zero-order valence-electron chi connectivity index (χ0n) is 10.6. The van der Waals surface area contributed by atoms with Crippen molar-refractivity contribution in [2.45, 2.75) is 37.7 Å². The van der Waals surface area contributed by atoms with Crippen LogP contribution in [0.15, 0.2) is 43.0 Å². The van der Waals surface area contributed by atoms with E-state index in [9.17, 15) is 0 Å². The maximum absolute atomic E-state index is 2.40. The monoisotopic (exact) mass is 291 g/mol. The first-order chi connectivity index (χ1) is 7.56. The summed E-state index contributed by atoms with van der Waals surface area (Å²) in [6.45, 7) is 7.16. The quantitative estimate of drug-likeness (QED) is 0.704. The average molecular weight is 293 g/mol. The van der Waals surface area contributed by atoms with Crippen LogP contribution < -0.4 is 0 Å². The standard InChI is InChI=1S/2C5H5.C5H11.Zr/c2*1-2-4-5-3-1;1-5(2,3)4;/h2*1-3H,4H2;1H2,2-4H3;. The first-order valence-corrected chi connectivity index (χ1v) is 10.3. The van der Waals surface area contributed by atoms with E-state index in [-0.39, 0.29) is 0 Å². The molecule has 0 fully saturated rings. The summed E-state index contributed by atoms with van der Waals surface area (Å²) in [7, 11) is 0. The molecule has 0 aliphatic heterocycles. The third kappa shape index (κ3) is 3.17. The molecule has 2 aliphatic carbocycles. The van der Waals surface area contributed by atoms with Gasteiger partial charge < -0.3 is 0 Å². The molecule has 0 heterocycles. The molecule has 16 heavy (non-hydrogen) atoms. The SMILES string of the molecule is CC(C)(C)[CH2][Zr]([C]1=CC=CC1)[C]1=CC=CC1. The van der Waals surface area contributed by atoms with E-state index in [1.54, 1.807) is 6.56 Å². The fourth-order valence-corrected chi connectivity index (χ4v) is 10.3. The summed E-state index contributed by atoms with van der Waals surface area (Å²) in [4.78, 5) is 0. The van der Waals surface area contributed by atoms with Crippen molar-refractivity contribution in [3.05, 3.63) is 43.0 Å². The second-order valence-corrected chi connectivity index (χ2v) is 12.2. The van der Waals surface area contributed by atoms with Gasteiger partial charge in [0.05, 0.1) is 0 Å². The molecule has 2 rings (SSSR count). The second kappa shape index (κ2) is 5.00. The van der Waals surface area contributed by atoms with Gasteiger partial charge in [-0.1, -0.05) is 0 Å². The van der Waals surface area contributed by atoms with Crippen molar-refractivity contribution >= 4 is 0 Å². The molecule has 0 N–H and O–H groups in total. The van der Waals surface area contributed by atoms with E-state index >= 15 is 0 Å².